The maximum Gasteiger partial charge on any atom is 0.307 e. The summed E-state index contributed by atoms with van der Waals surface area (Å²) in [7, 11) is 3.02. The van der Waals surface area contributed by atoms with E-state index < -0.39 is 0 Å². The molecular weight excluding hydrogens is 230 g/mol. The lowest BCUT2D eigenvalue weighted by molar-refractivity contribution is -0.141. The third-order valence-corrected chi connectivity index (χ3v) is 3.00. The topological polar surface area (TPSA) is 61.5 Å². The molecule has 2 atom stereocenters. The first kappa shape index (κ1) is 14.5. The van der Waals surface area contributed by atoms with Gasteiger partial charge in [-0.25, -0.2) is 0 Å². The van der Waals surface area contributed by atoms with Crippen molar-refractivity contribution in [3.8, 4) is 5.75 Å². The van der Waals surface area contributed by atoms with Crippen molar-refractivity contribution in [2.24, 2.45) is 5.73 Å². The smallest absolute Gasteiger partial charge is 0.307 e. The van der Waals surface area contributed by atoms with E-state index in [4.69, 9.17) is 10.5 Å². The summed E-state index contributed by atoms with van der Waals surface area (Å²) in [6.07, 6.45) is 1.01. The van der Waals surface area contributed by atoms with Crippen molar-refractivity contribution in [3.63, 3.8) is 0 Å². The number of ether oxygens (including phenoxy) is 2. The Hall–Kier alpha value is -1.55. The molecular formula is C14H21NO3. The Morgan fingerprint density at radius 3 is 2.39 bits per heavy atom. The zero-order valence-corrected chi connectivity index (χ0v) is 11.2. The average molecular weight is 251 g/mol. The minimum atomic E-state index is -0.260. The molecule has 0 saturated carbocycles. The van der Waals surface area contributed by atoms with Gasteiger partial charge in [-0.05, 0) is 30.0 Å². The molecule has 2 unspecified atom stereocenters. The molecule has 0 aliphatic rings. The van der Waals surface area contributed by atoms with Gasteiger partial charge in [-0.1, -0.05) is 19.1 Å². The van der Waals surface area contributed by atoms with Crippen LogP contribution in [-0.2, 0) is 9.53 Å². The first-order valence-corrected chi connectivity index (χ1v) is 6.03. The van der Waals surface area contributed by atoms with E-state index in [-0.39, 0.29) is 18.4 Å². The van der Waals surface area contributed by atoms with Crippen LogP contribution in [0.2, 0.25) is 0 Å². The van der Waals surface area contributed by atoms with Gasteiger partial charge in [-0.2, -0.15) is 0 Å². The van der Waals surface area contributed by atoms with Gasteiger partial charge >= 0.3 is 5.97 Å². The molecule has 18 heavy (non-hydrogen) atoms. The largest absolute Gasteiger partial charge is 0.497 e. The fourth-order valence-corrected chi connectivity index (χ4v) is 1.90. The summed E-state index contributed by atoms with van der Waals surface area (Å²) in [4.78, 5) is 11.1. The van der Waals surface area contributed by atoms with Crippen LogP contribution in [0, 0.1) is 0 Å². The number of esters is 1. The van der Waals surface area contributed by atoms with Crippen molar-refractivity contribution in [1.29, 1.82) is 0 Å². The molecule has 0 fully saturated rings. The third-order valence-electron chi connectivity index (χ3n) is 3.00. The van der Waals surface area contributed by atoms with Crippen molar-refractivity contribution in [2.75, 3.05) is 14.2 Å². The Kier molecular flexibility index (Phi) is 5.65. The van der Waals surface area contributed by atoms with E-state index in [1.165, 1.54) is 12.7 Å². The van der Waals surface area contributed by atoms with E-state index in [2.05, 4.69) is 11.7 Å². The standard InChI is InChI=1S/C14H21NO3/c1-10(8-12(15)9-14(16)18-3)11-4-6-13(17-2)7-5-11/h4-7,10,12H,8-9,15H2,1-3H3. The molecule has 1 aromatic carbocycles. The lowest BCUT2D eigenvalue weighted by Gasteiger charge is -2.17. The summed E-state index contributed by atoms with van der Waals surface area (Å²) in [5.41, 5.74) is 7.11. The van der Waals surface area contributed by atoms with Crippen molar-refractivity contribution in [1.82, 2.24) is 0 Å². The van der Waals surface area contributed by atoms with Gasteiger partial charge in [0, 0.05) is 6.04 Å². The number of rotatable bonds is 6. The quantitative estimate of drug-likeness (QED) is 0.786. The molecule has 0 saturated heterocycles. The number of hydrogen-bond acceptors (Lipinski definition) is 4. The number of methoxy groups -OCH3 is 2. The van der Waals surface area contributed by atoms with Gasteiger partial charge in [0.25, 0.3) is 0 Å². The van der Waals surface area contributed by atoms with E-state index in [1.807, 2.05) is 24.3 Å². The zero-order chi connectivity index (χ0) is 13.5. The molecule has 0 amide bonds. The van der Waals surface area contributed by atoms with Crippen LogP contribution in [0.4, 0.5) is 0 Å². The summed E-state index contributed by atoms with van der Waals surface area (Å²) in [6.45, 7) is 2.10. The molecule has 0 aliphatic heterocycles. The molecule has 0 heterocycles. The van der Waals surface area contributed by atoms with Crippen LogP contribution >= 0.6 is 0 Å². The summed E-state index contributed by atoms with van der Waals surface area (Å²) in [5, 5.41) is 0. The van der Waals surface area contributed by atoms with Gasteiger partial charge in [0.15, 0.2) is 0 Å². The molecule has 0 bridgehead atoms. The van der Waals surface area contributed by atoms with Crippen LogP contribution in [0.15, 0.2) is 24.3 Å². The Labute approximate surface area is 108 Å². The van der Waals surface area contributed by atoms with Crippen LogP contribution in [-0.4, -0.2) is 26.2 Å². The first-order valence-electron chi connectivity index (χ1n) is 6.03. The highest BCUT2D eigenvalue weighted by molar-refractivity contribution is 5.69. The fraction of sp³-hybridized carbons (Fsp3) is 0.500. The van der Waals surface area contributed by atoms with Gasteiger partial charge in [-0.3, -0.25) is 4.79 Å². The van der Waals surface area contributed by atoms with Gasteiger partial charge in [0.05, 0.1) is 20.6 Å². The first-order chi connectivity index (χ1) is 8.56. The second-order valence-electron chi connectivity index (χ2n) is 4.45. The molecule has 4 nitrogen and oxygen atoms in total. The lowest BCUT2D eigenvalue weighted by Crippen LogP contribution is -2.26. The van der Waals surface area contributed by atoms with E-state index in [0.717, 1.165) is 12.2 Å². The van der Waals surface area contributed by atoms with Crippen molar-refractivity contribution in [3.05, 3.63) is 29.8 Å². The second-order valence-corrected chi connectivity index (χ2v) is 4.45. The molecule has 4 heteroatoms. The minimum Gasteiger partial charge on any atom is -0.497 e. The van der Waals surface area contributed by atoms with E-state index in [1.54, 1.807) is 7.11 Å². The summed E-state index contributed by atoms with van der Waals surface area (Å²) < 4.78 is 9.71. The Morgan fingerprint density at radius 1 is 1.28 bits per heavy atom. The average Bonchev–Trinajstić information content (AvgIpc) is 2.38. The number of carbonyl (C=O) groups excluding carboxylic acids is 1. The summed E-state index contributed by atoms with van der Waals surface area (Å²) >= 11 is 0. The molecule has 0 spiro atoms. The predicted molar refractivity (Wildman–Crippen MR) is 70.6 cm³/mol. The number of nitrogens with two attached hydrogens (primary N) is 1. The lowest BCUT2D eigenvalue weighted by atomic mass is 9.93. The van der Waals surface area contributed by atoms with Gasteiger partial charge in [0.2, 0.25) is 0 Å². The van der Waals surface area contributed by atoms with E-state index in [0.29, 0.717) is 5.92 Å². The van der Waals surface area contributed by atoms with Crippen molar-refractivity contribution >= 4 is 5.97 Å². The van der Waals surface area contributed by atoms with Crippen LogP contribution < -0.4 is 10.5 Å². The number of hydrogen-bond donors (Lipinski definition) is 1. The normalized spacial score (nSPS) is 13.8. The minimum absolute atomic E-state index is 0.172. The maximum absolute atomic E-state index is 11.1. The molecule has 0 aliphatic carbocycles. The van der Waals surface area contributed by atoms with Crippen LogP contribution in [0.3, 0.4) is 0 Å². The molecule has 100 valence electrons. The molecule has 1 rings (SSSR count). The van der Waals surface area contributed by atoms with Crippen LogP contribution in [0.1, 0.15) is 31.2 Å². The Balaban J connectivity index is 2.53. The maximum atomic E-state index is 11.1. The SMILES string of the molecule is COC(=O)CC(N)CC(C)c1ccc(OC)cc1. The zero-order valence-electron chi connectivity index (χ0n) is 11.2. The van der Waals surface area contributed by atoms with Gasteiger partial charge in [0.1, 0.15) is 5.75 Å². The highest BCUT2D eigenvalue weighted by atomic mass is 16.5. The summed E-state index contributed by atoms with van der Waals surface area (Å²) in [6, 6.07) is 7.73. The van der Waals surface area contributed by atoms with E-state index >= 15 is 0 Å². The highest BCUT2D eigenvalue weighted by Crippen LogP contribution is 2.23. The third kappa shape index (κ3) is 4.37. The molecule has 1 aromatic rings. The molecule has 2 N–H and O–H groups in total. The summed E-state index contributed by atoms with van der Waals surface area (Å²) in [5.74, 6) is 0.879. The van der Waals surface area contributed by atoms with Gasteiger partial charge < -0.3 is 15.2 Å². The number of benzene rings is 1. The Morgan fingerprint density at radius 2 is 1.89 bits per heavy atom. The fourth-order valence-electron chi connectivity index (χ4n) is 1.90. The van der Waals surface area contributed by atoms with Crippen molar-refractivity contribution < 1.29 is 14.3 Å². The van der Waals surface area contributed by atoms with Crippen LogP contribution in [0.5, 0.6) is 5.75 Å². The van der Waals surface area contributed by atoms with Crippen LogP contribution in [0.25, 0.3) is 0 Å². The molecule has 0 radical (unpaired) electrons. The Bertz CT molecular complexity index is 375. The predicted octanol–water partition coefficient (Wildman–Crippen LogP) is 2.08. The monoisotopic (exact) mass is 251 g/mol. The number of carbonyl (C=O) groups is 1. The van der Waals surface area contributed by atoms with Crippen molar-refractivity contribution in [2.45, 2.75) is 31.7 Å². The van der Waals surface area contributed by atoms with Gasteiger partial charge in [-0.15, -0.1) is 0 Å². The van der Waals surface area contributed by atoms with E-state index in [9.17, 15) is 4.79 Å². The molecule has 0 aromatic heterocycles. The second kappa shape index (κ2) is 7.01. The highest BCUT2D eigenvalue weighted by Gasteiger charge is 2.14.